The van der Waals surface area contributed by atoms with Crippen molar-refractivity contribution in [3.8, 4) is 0 Å². The second-order valence-electron chi connectivity index (χ2n) is 7.06. The number of benzene rings is 2. The first kappa shape index (κ1) is 18.4. The van der Waals surface area contributed by atoms with Crippen LogP contribution in [0, 0.1) is 0 Å². The number of nitrogens with zero attached hydrogens (tertiary/aromatic N) is 3. The Morgan fingerprint density at radius 2 is 1.68 bits per heavy atom. The van der Waals surface area contributed by atoms with Gasteiger partial charge in [-0.1, -0.05) is 48.5 Å². The summed E-state index contributed by atoms with van der Waals surface area (Å²) in [6.07, 6.45) is 6.08. The minimum atomic E-state index is 0.495. The fraction of sp³-hybridized carbons (Fsp3) is 0.304. The maximum absolute atomic E-state index is 6.09. The van der Waals surface area contributed by atoms with Gasteiger partial charge < -0.3 is 15.0 Å². The number of hydrogen-bond acceptors (Lipinski definition) is 4. The Kier molecular flexibility index (Phi) is 5.83. The molecule has 2 aromatic carbocycles. The molecule has 0 amide bonds. The molecule has 0 bridgehead atoms. The van der Waals surface area contributed by atoms with Crippen molar-refractivity contribution in [3.05, 3.63) is 66.5 Å². The van der Waals surface area contributed by atoms with Gasteiger partial charge in [0.2, 0.25) is 0 Å². The number of aryl methyl sites for hydroxylation is 2. The van der Waals surface area contributed by atoms with Crippen LogP contribution in [0.1, 0.15) is 24.8 Å². The lowest BCUT2D eigenvalue weighted by molar-refractivity contribution is 0.127. The number of hydrogen-bond donors (Lipinski definition) is 1. The van der Waals surface area contributed by atoms with Gasteiger partial charge in [-0.25, -0.2) is 9.97 Å². The highest BCUT2D eigenvalue weighted by Crippen LogP contribution is 2.27. The number of ether oxygens (including phenoxy) is 1. The first-order chi connectivity index (χ1) is 13.8. The number of fused-ring (bicyclic) bond motifs is 3. The SMILES string of the molecule is Nc1nc2ccccc2c2c1ncn2CCCCOCCCc1ccccc1. The van der Waals surface area contributed by atoms with Crippen LogP contribution in [0.2, 0.25) is 0 Å². The number of nitrogens with two attached hydrogens (primary N) is 1. The summed E-state index contributed by atoms with van der Waals surface area (Å²) in [6, 6.07) is 18.6. The van der Waals surface area contributed by atoms with Crippen LogP contribution < -0.4 is 5.73 Å². The molecule has 0 radical (unpaired) electrons. The van der Waals surface area contributed by atoms with E-state index in [2.05, 4.69) is 50.9 Å². The summed E-state index contributed by atoms with van der Waals surface area (Å²) in [5.41, 5.74) is 10.2. The van der Waals surface area contributed by atoms with Crippen molar-refractivity contribution in [2.45, 2.75) is 32.2 Å². The third-order valence-corrected chi connectivity index (χ3v) is 5.02. The molecule has 4 rings (SSSR count). The number of anilines is 1. The zero-order valence-corrected chi connectivity index (χ0v) is 16.1. The molecule has 4 aromatic rings. The van der Waals surface area contributed by atoms with Crippen molar-refractivity contribution in [1.29, 1.82) is 0 Å². The van der Waals surface area contributed by atoms with E-state index in [4.69, 9.17) is 10.5 Å². The number of rotatable bonds is 9. The van der Waals surface area contributed by atoms with E-state index in [9.17, 15) is 0 Å². The summed E-state index contributed by atoms with van der Waals surface area (Å²) >= 11 is 0. The monoisotopic (exact) mass is 374 g/mol. The molecule has 2 heterocycles. The van der Waals surface area contributed by atoms with Crippen LogP contribution in [-0.4, -0.2) is 27.7 Å². The van der Waals surface area contributed by atoms with Crippen LogP contribution in [0.4, 0.5) is 5.82 Å². The Hall–Kier alpha value is -2.92. The van der Waals surface area contributed by atoms with E-state index in [1.165, 1.54) is 5.56 Å². The van der Waals surface area contributed by atoms with Crippen molar-refractivity contribution in [2.24, 2.45) is 0 Å². The molecule has 2 aromatic heterocycles. The molecule has 144 valence electrons. The molecule has 0 aliphatic carbocycles. The number of imidazole rings is 1. The third-order valence-electron chi connectivity index (χ3n) is 5.02. The maximum Gasteiger partial charge on any atom is 0.152 e. The molecule has 0 aliphatic heterocycles. The molecular weight excluding hydrogens is 348 g/mol. The van der Waals surface area contributed by atoms with Crippen molar-refractivity contribution >= 4 is 27.8 Å². The summed E-state index contributed by atoms with van der Waals surface area (Å²) in [5.74, 6) is 0.495. The summed E-state index contributed by atoms with van der Waals surface area (Å²) < 4.78 is 7.98. The Morgan fingerprint density at radius 1 is 0.893 bits per heavy atom. The topological polar surface area (TPSA) is 66.0 Å². The van der Waals surface area contributed by atoms with Crippen LogP contribution in [0.5, 0.6) is 0 Å². The first-order valence-corrected chi connectivity index (χ1v) is 9.93. The van der Waals surface area contributed by atoms with Crippen LogP contribution in [-0.2, 0) is 17.7 Å². The molecule has 0 aliphatic rings. The highest BCUT2D eigenvalue weighted by Gasteiger charge is 2.11. The fourth-order valence-electron chi connectivity index (χ4n) is 3.59. The summed E-state index contributed by atoms with van der Waals surface area (Å²) in [5, 5.41) is 1.10. The minimum Gasteiger partial charge on any atom is -0.382 e. The van der Waals surface area contributed by atoms with Gasteiger partial charge in [-0.15, -0.1) is 0 Å². The van der Waals surface area contributed by atoms with E-state index in [-0.39, 0.29) is 0 Å². The lowest BCUT2D eigenvalue weighted by Crippen LogP contribution is -2.02. The molecule has 5 nitrogen and oxygen atoms in total. The third kappa shape index (κ3) is 4.15. The zero-order chi connectivity index (χ0) is 19.2. The molecule has 0 saturated carbocycles. The van der Waals surface area contributed by atoms with E-state index < -0.39 is 0 Å². The average molecular weight is 374 g/mol. The van der Waals surface area contributed by atoms with Gasteiger partial charge in [-0.3, -0.25) is 0 Å². The van der Waals surface area contributed by atoms with Crippen LogP contribution in [0.3, 0.4) is 0 Å². The highest BCUT2D eigenvalue weighted by atomic mass is 16.5. The number of nitrogen functional groups attached to an aromatic ring is 1. The quantitative estimate of drug-likeness (QED) is 0.435. The molecule has 0 spiro atoms. The Morgan fingerprint density at radius 3 is 2.57 bits per heavy atom. The van der Waals surface area contributed by atoms with Gasteiger partial charge in [0.05, 0.1) is 17.4 Å². The lowest BCUT2D eigenvalue weighted by atomic mass is 10.1. The number of para-hydroxylation sites is 1. The highest BCUT2D eigenvalue weighted by molar-refractivity contribution is 6.06. The normalized spacial score (nSPS) is 11.4. The second kappa shape index (κ2) is 8.85. The predicted octanol–water partition coefficient (Wildman–Crippen LogP) is 4.60. The van der Waals surface area contributed by atoms with Crippen molar-refractivity contribution in [1.82, 2.24) is 14.5 Å². The van der Waals surface area contributed by atoms with Crippen LogP contribution in [0.15, 0.2) is 60.9 Å². The van der Waals surface area contributed by atoms with E-state index in [1.807, 2.05) is 24.5 Å². The van der Waals surface area contributed by atoms with Gasteiger partial charge in [0.1, 0.15) is 5.52 Å². The van der Waals surface area contributed by atoms with E-state index in [0.29, 0.717) is 5.82 Å². The van der Waals surface area contributed by atoms with E-state index in [0.717, 1.165) is 67.4 Å². The van der Waals surface area contributed by atoms with Gasteiger partial charge in [0.25, 0.3) is 0 Å². The number of aromatic nitrogens is 3. The molecule has 5 heteroatoms. The smallest absolute Gasteiger partial charge is 0.152 e. The summed E-state index contributed by atoms with van der Waals surface area (Å²) in [7, 11) is 0. The van der Waals surface area contributed by atoms with Crippen LogP contribution >= 0.6 is 0 Å². The molecule has 28 heavy (non-hydrogen) atoms. The molecule has 0 saturated heterocycles. The van der Waals surface area contributed by atoms with E-state index >= 15 is 0 Å². The van der Waals surface area contributed by atoms with Crippen molar-refractivity contribution < 1.29 is 4.74 Å². The van der Waals surface area contributed by atoms with E-state index in [1.54, 1.807) is 0 Å². The molecule has 0 atom stereocenters. The second-order valence-corrected chi connectivity index (χ2v) is 7.06. The Labute approximate surface area is 165 Å². The molecule has 0 fully saturated rings. The zero-order valence-electron chi connectivity index (χ0n) is 16.1. The predicted molar refractivity (Wildman–Crippen MR) is 114 cm³/mol. The van der Waals surface area contributed by atoms with Gasteiger partial charge in [-0.05, 0) is 37.3 Å². The number of unbranched alkanes of at least 4 members (excludes halogenated alkanes) is 1. The minimum absolute atomic E-state index is 0.495. The van der Waals surface area contributed by atoms with Crippen molar-refractivity contribution in [3.63, 3.8) is 0 Å². The first-order valence-electron chi connectivity index (χ1n) is 9.93. The average Bonchev–Trinajstić information content (AvgIpc) is 3.16. The van der Waals surface area contributed by atoms with Gasteiger partial charge >= 0.3 is 0 Å². The molecule has 0 unspecified atom stereocenters. The molecular formula is C23H26N4O. The van der Waals surface area contributed by atoms with Crippen LogP contribution in [0.25, 0.3) is 21.9 Å². The number of pyridine rings is 1. The Bertz CT molecular complexity index is 1040. The standard InChI is InChI=1S/C23H26N4O/c24-23-21-22(19-12-4-5-13-20(19)26-23)27(17-25-21)14-6-7-15-28-16-8-11-18-9-2-1-3-10-18/h1-5,9-10,12-13,17H,6-8,11,14-16H2,(H2,24,26). The largest absolute Gasteiger partial charge is 0.382 e. The van der Waals surface area contributed by atoms with Crippen molar-refractivity contribution in [2.75, 3.05) is 18.9 Å². The summed E-state index contributed by atoms with van der Waals surface area (Å²) in [6.45, 7) is 2.51. The van der Waals surface area contributed by atoms with Gasteiger partial charge in [-0.2, -0.15) is 0 Å². The Balaban J connectivity index is 1.26. The van der Waals surface area contributed by atoms with Gasteiger partial charge in [0, 0.05) is 25.1 Å². The summed E-state index contributed by atoms with van der Waals surface area (Å²) in [4.78, 5) is 8.94. The fourth-order valence-corrected chi connectivity index (χ4v) is 3.59. The van der Waals surface area contributed by atoms with Gasteiger partial charge in [0.15, 0.2) is 5.82 Å². The lowest BCUT2D eigenvalue weighted by Gasteiger charge is -2.08. The maximum atomic E-state index is 6.09. The molecule has 2 N–H and O–H groups in total.